The lowest BCUT2D eigenvalue weighted by atomic mass is 9.98. The van der Waals surface area contributed by atoms with Crippen LogP contribution in [0.25, 0.3) is 22.6 Å². The van der Waals surface area contributed by atoms with Crippen molar-refractivity contribution in [1.82, 2.24) is 4.98 Å². The predicted molar refractivity (Wildman–Crippen MR) is 123 cm³/mol. The van der Waals surface area contributed by atoms with Crippen LogP contribution < -0.4 is 0 Å². The first-order valence-electron chi connectivity index (χ1n) is 9.98. The topological polar surface area (TPSA) is 58.6 Å². The number of hydrogen-bond acceptors (Lipinski definition) is 4. The Hall–Kier alpha value is -3.11. The van der Waals surface area contributed by atoms with Crippen LogP contribution in [0.1, 0.15) is 42.9 Å². The monoisotopic (exact) mass is 418 g/mol. The molecule has 0 spiro atoms. The first-order chi connectivity index (χ1) is 14.4. The van der Waals surface area contributed by atoms with Crippen molar-refractivity contribution in [2.24, 2.45) is 4.99 Å². The van der Waals surface area contributed by atoms with Gasteiger partial charge in [0.05, 0.1) is 10.7 Å². The molecule has 1 unspecified atom stereocenters. The summed E-state index contributed by atoms with van der Waals surface area (Å²) >= 11 is 6.03. The third-order valence-corrected chi connectivity index (χ3v) is 5.59. The van der Waals surface area contributed by atoms with Crippen molar-refractivity contribution in [3.05, 3.63) is 76.3 Å². The Kier molecular flexibility index (Phi) is 5.60. The van der Waals surface area contributed by atoms with Gasteiger partial charge in [-0.1, -0.05) is 31.5 Å². The van der Waals surface area contributed by atoms with E-state index in [1.165, 1.54) is 5.56 Å². The van der Waals surface area contributed by atoms with Gasteiger partial charge in [0.1, 0.15) is 11.3 Å². The maximum Gasteiger partial charge on any atom is 0.227 e. The standard InChI is InChI=1S/C25H23ClN2O2/c1-4-16(3)18-7-10-23-22(13-18)28-25(30-23)17-5-8-20(9-6-17)27-14-19-11-15(2)12-21(26)24(19)29/h5-14,16,29H,4H2,1-3H3. The molecule has 0 aliphatic carbocycles. The van der Waals surface area contributed by atoms with Crippen LogP contribution in [0, 0.1) is 6.92 Å². The molecule has 4 rings (SSSR count). The largest absolute Gasteiger partial charge is 0.506 e. The molecule has 1 N–H and O–H groups in total. The summed E-state index contributed by atoms with van der Waals surface area (Å²) in [6.07, 6.45) is 2.70. The predicted octanol–water partition coefficient (Wildman–Crippen LogP) is 7.43. The number of oxazole rings is 1. The van der Waals surface area contributed by atoms with E-state index < -0.39 is 0 Å². The molecule has 0 amide bonds. The Morgan fingerprint density at radius 2 is 1.90 bits per heavy atom. The number of phenolic OH excluding ortho intramolecular Hbond substituents is 1. The molecule has 0 fully saturated rings. The highest BCUT2D eigenvalue weighted by Crippen LogP contribution is 2.30. The van der Waals surface area contributed by atoms with Crippen LogP contribution in [0.15, 0.2) is 64.0 Å². The maximum absolute atomic E-state index is 10.1. The zero-order chi connectivity index (χ0) is 21.3. The smallest absolute Gasteiger partial charge is 0.227 e. The highest BCUT2D eigenvalue weighted by molar-refractivity contribution is 6.32. The lowest BCUT2D eigenvalue weighted by Gasteiger charge is -2.07. The molecule has 0 aliphatic rings. The van der Waals surface area contributed by atoms with Crippen molar-refractivity contribution in [2.75, 3.05) is 0 Å². The van der Waals surface area contributed by atoms with E-state index in [1.54, 1.807) is 12.3 Å². The van der Waals surface area contributed by atoms with Crippen LogP contribution in [0.3, 0.4) is 0 Å². The van der Waals surface area contributed by atoms with Gasteiger partial charge >= 0.3 is 0 Å². The van der Waals surface area contributed by atoms with Crippen molar-refractivity contribution in [3.63, 3.8) is 0 Å². The van der Waals surface area contributed by atoms with Gasteiger partial charge in [-0.2, -0.15) is 0 Å². The number of aromatic hydroxyl groups is 1. The number of aromatic nitrogens is 1. The van der Waals surface area contributed by atoms with E-state index in [-0.39, 0.29) is 5.75 Å². The van der Waals surface area contributed by atoms with Gasteiger partial charge in [0.2, 0.25) is 5.89 Å². The SMILES string of the molecule is CCC(C)c1ccc2oc(-c3ccc(N=Cc4cc(C)cc(Cl)c4O)cc3)nc2c1. The van der Waals surface area contributed by atoms with Crippen molar-refractivity contribution in [1.29, 1.82) is 0 Å². The quantitative estimate of drug-likeness (QED) is 0.343. The molecule has 4 aromatic rings. The fourth-order valence-electron chi connectivity index (χ4n) is 3.30. The van der Waals surface area contributed by atoms with Gasteiger partial charge < -0.3 is 9.52 Å². The minimum atomic E-state index is 0.0332. The van der Waals surface area contributed by atoms with E-state index in [1.807, 2.05) is 43.3 Å². The molecule has 30 heavy (non-hydrogen) atoms. The normalized spacial score (nSPS) is 12.7. The second-order valence-corrected chi connectivity index (χ2v) is 7.95. The number of rotatable bonds is 5. The van der Waals surface area contributed by atoms with Crippen LogP contribution in [0.4, 0.5) is 5.69 Å². The molecule has 0 saturated carbocycles. The molecule has 1 atom stereocenters. The molecule has 0 aliphatic heterocycles. The molecule has 4 nitrogen and oxygen atoms in total. The Balaban J connectivity index is 1.58. The Labute approximate surface area is 180 Å². The second kappa shape index (κ2) is 8.33. The van der Waals surface area contributed by atoms with Crippen LogP contribution in [0.2, 0.25) is 5.02 Å². The van der Waals surface area contributed by atoms with E-state index in [2.05, 4.69) is 36.0 Å². The molecule has 0 radical (unpaired) electrons. The Bertz CT molecular complexity index is 1230. The molecule has 152 valence electrons. The average Bonchev–Trinajstić information content (AvgIpc) is 3.18. The Morgan fingerprint density at radius 1 is 1.13 bits per heavy atom. The second-order valence-electron chi connectivity index (χ2n) is 7.55. The summed E-state index contributed by atoms with van der Waals surface area (Å²) in [4.78, 5) is 9.10. The first-order valence-corrected chi connectivity index (χ1v) is 10.4. The summed E-state index contributed by atoms with van der Waals surface area (Å²) in [6, 6.07) is 17.4. The molecule has 1 heterocycles. The summed E-state index contributed by atoms with van der Waals surface area (Å²) in [5.74, 6) is 1.12. The molecule has 0 saturated heterocycles. The highest BCUT2D eigenvalue weighted by atomic mass is 35.5. The third kappa shape index (κ3) is 4.10. The fraction of sp³-hybridized carbons (Fsp3) is 0.200. The zero-order valence-corrected chi connectivity index (χ0v) is 17.9. The van der Waals surface area contributed by atoms with Gasteiger partial charge in [-0.15, -0.1) is 0 Å². The van der Waals surface area contributed by atoms with Gasteiger partial charge in [-0.25, -0.2) is 4.98 Å². The number of aliphatic imine (C=N–C) groups is 1. The van der Waals surface area contributed by atoms with Gasteiger partial charge in [0.15, 0.2) is 5.58 Å². The van der Waals surface area contributed by atoms with Crippen molar-refractivity contribution in [3.8, 4) is 17.2 Å². The number of nitrogens with zero attached hydrogens (tertiary/aromatic N) is 2. The molecule has 1 aromatic heterocycles. The molecular formula is C25H23ClN2O2. The third-order valence-electron chi connectivity index (χ3n) is 5.30. The summed E-state index contributed by atoms with van der Waals surface area (Å²) in [7, 11) is 0. The van der Waals surface area contributed by atoms with Crippen molar-refractivity contribution in [2.45, 2.75) is 33.1 Å². The summed E-state index contributed by atoms with van der Waals surface area (Å²) in [5, 5.41) is 10.4. The zero-order valence-electron chi connectivity index (χ0n) is 17.2. The van der Waals surface area contributed by atoms with E-state index in [4.69, 9.17) is 16.0 Å². The Morgan fingerprint density at radius 3 is 2.63 bits per heavy atom. The van der Waals surface area contributed by atoms with Gasteiger partial charge in [0.25, 0.3) is 0 Å². The van der Waals surface area contributed by atoms with Crippen LogP contribution in [0.5, 0.6) is 5.75 Å². The summed E-state index contributed by atoms with van der Waals surface area (Å²) in [5.41, 5.74) is 6.11. The lowest BCUT2D eigenvalue weighted by molar-refractivity contribution is 0.474. The highest BCUT2D eigenvalue weighted by Gasteiger charge is 2.11. The van der Waals surface area contributed by atoms with E-state index in [0.29, 0.717) is 22.4 Å². The van der Waals surface area contributed by atoms with Gasteiger partial charge in [-0.05, 0) is 78.9 Å². The van der Waals surface area contributed by atoms with Crippen LogP contribution in [-0.2, 0) is 0 Å². The number of halogens is 1. The average molecular weight is 419 g/mol. The van der Waals surface area contributed by atoms with E-state index >= 15 is 0 Å². The van der Waals surface area contributed by atoms with E-state index in [0.717, 1.165) is 34.3 Å². The summed E-state index contributed by atoms with van der Waals surface area (Å²) < 4.78 is 5.94. The van der Waals surface area contributed by atoms with Crippen LogP contribution in [-0.4, -0.2) is 16.3 Å². The van der Waals surface area contributed by atoms with E-state index in [9.17, 15) is 5.11 Å². The van der Waals surface area contributed by atoms with Crippen LogP contribution >= 0.6 is 11.6 Å². The number of fused-ring (bicyclic) bond motifs is 1. The van der Waals surface area contributed by atoms with Gasteiger partial charge in [-0.3, -0.25) is 4.99 Å². The number of hydrogen-bond donors (Lipinski definition) is 1. The maximum atomic E-state index is 10.1. The summed E-state index contributed by atoms with van der Waals surface area (Å²) in [6.45, 7) is 6.32. The molecule has 3 aromatic carbocycles. The lowest BCUT2D eigenvalue weighted by Crippen LogP contribution is -1.90. The minimum Gasteiger partial charge on any atom is -0.506 e. The molecular weight excluding hydrogens is 396 g/mol. The fourth-order valence-corrected chi connectivity index (χ4v) is 3.59. The number of phenols is 1. The first kappa shape index (κ1) is 20.2. The van der Waals surface area contributed by atoms with Crippen molar-refractivity contribution < 1.29 is 9.52 Å². The molecule has 5 heteroatoms. The van der Waals surface area contributed by atoms with Gasteiger partial charge in [0, 0.05) is 17.3 Å². The van der Waals surface area contributed by atoms with Crippen molar-refractivity contribution >= 4 is 34.6 Å². The molecule has 0 bridgehead atoms. The minimum absolute atomic E-state index is 0.0332. The number of benzene rings is 3. The number of aryl methyl sites for hydroxylation is 1.